The normalized spacial score (nSPS) is 22.2. The Kier molecular flexibility index (Phi) is 5.85. The molecule has 3 rings (SSSR count). The van der Waals surface area contributed by atoms with Gasteiger partial charge in [-0.15, -0.1) is 0 Å². The molecular formula is C19H23F2N5O2S. The number of pyridine rings is 1. The Bertz CT molecular complexity index is 1060. The number of aryl methyl sites for hydroxylation is 1. The Morgan fingerprint density at radius 2 is 2.21 bits per heavy atom. The van der Waals surface area contributed by atoms with Gasteiger partial charge in [-0.2, -0.15) is 0 Å². The molecule has 0 saturated carbocycles. The van der Waals surface area contributed by atoms with E-state index in [4.69, 9.17) is 4.78 Å². The van der Waals surface area contributed by atoms with Crippen molar-refractivity contribution in [3.8, 4) is 0 Å². The lowest BCUT2D eigenvalue weighted by Crippen LogP contribution is -2.36. The fourth-order valence-electron chi connectivity index (χ4n) is 3.18. The van der Waals surface area contributed by atoms with Gasteiger partial charge in [0.1, 0.15) is 21.3 Å². The van der Waals surface area contributed by atoms with Crippen molar-refractivity contribution in [2.45, 2.75) is 37.6 Å². The number of nitrogens with zero attached hydrogens (tertiary/aromatic N) is 2. The van der Waals surface area contributed by atoms with E-state index in [0.717, 1.165) is 12.5 Å². The molecule has 1 aliphatic heterocycles. The molecule has 1 amide bonds. The van der Waals surface area contributed by atoms with Crippen LogP contribution in [0.4, 0.5) is 14.5 Å². The summed E-state index contributed by atoms with van der Waals surface area (Å²) in [5, 5.41) is 2.58. The summed E-state index contributed by atoms with van der Waals surface area (Å²) in [6.45, 7) is 4.00. The number of carbonyl (C=O) groups excluding carboxylic acids is 1. The van der Waals surface area contributed by atoms with Crippen LogP contribution in [0.1, 0.15) is 48.4 Å². The van der Waals surface area contributed by atoms with E-state index in [0.29, 0.717) is 5.56 Å². The smallest absolute Gasteiger partial charge is 0.280 e. The molecule has 3 heterocycles. The van der Waals surface area contributed by atoms with Crippen molar-refractivity contribution in [3.63, 3.8) is 0 Å². The number of carbonyl (C=O) groups is 1. The molecule has 0 spiro atoms. The average molecular weight is 423 g/mol. The van der Waals surface area contributed by atoms with E-state index in [2.05, 4.69) is 15.0 Å². The van der Waals surface area contributed by atoms with E-state index < -0.39 is 27.9 Å². The average Bonchev–Trinajstić information content (AvgIpc) is 2.95. The maximum Gasteiger partial charge on any atom is 0.280 e. The minimum Gasteiger partial charge on any atom is -0.345 e. The van der Waals surface area contributed by atoms with Gasteiger partial charge in [-0.3, -0.25) is 9.78 Å². The van der Waals surface area contributed by atoms with Gasteiger partial charge in [-0.25, -0.2) is 22.5 Å². The quantitative estimate of drug-likeness (QED) is 0.679. The number of rotatable bonds is 5. The highest BCUT2D eigenvalue weighted by atomic mass is 32.2. The van der Waals surface area contributed by atoms with Crippen LogP contribution in [0.2, 0.25) is 0 Å². The zero-order chi connectivity index (χ0) is 21.3. The number of fused-ring (bicyclic) bond motifs is 1. The van der Waals surface area contributed by atoms with Crippen molar-refractivity contribution >= 4 is 27.6 Å². The van der Waals surface area contributed by atoms with Crippen LogP contribution in [0.25, 0.3) is 6.08 Å². The predicted molar refractivity (Wildman–Crippen MR) is 107 cm³/mol. The van der Waals surface area contributed by atoms with Crippen LogP contribution in [0.5, 0.6) is 0 Å². The summed E-state index contributed by atoms with van der Waals surface area (Å²) >= 11 is 0. The van der Waals surface area contributed by atoms with Crippen LogP contribution < -0.4 is 10.0 Å². The SMILES string of the molecule is CC[C@H](C)[C@H]1C=Cc2c(cn(C)c2C(=O)Nc2ccnc(C(F)F)c2)S(=N)(=O)N1. The first-order chi connectivity index (χ1) is 13.6. The highest BCUT2D eigenvalue weighted by Crippen LogP contribution is 2.29. The van der Waals surface area contributed by atoms with E-state index in [-0.39, 0.29) is 28.2 Å². The maximum atomic E-state index is 13.0. The zero-order valence-corrected chi connectivity index (χ0v) is 17.1. The molecular weight excluding hydrogens is 400 g/mol. The van der Waals surface area contributed by atoms with Gasteiger partial charge in [0.05, 0.1) is 4.90 Å². The van der Waals surface area contributed by atoms with E-state index in [1.54, 1.807) is 13.1 Å². The van der Waals surface area contributed by atoms with Gasteiger partial charge in [0.2, 0.25) is 0 Å². The number of hydrogen-bond donors (Lipinski definition) is 3. The summed E-state index contributed by atoms with van der Waals surface area (Å²) in [5.74, 6) is -0.404. The standard InChI is InChI=1S/C19H23F2N5O2S/c1-4-11(2)14-6-5-13-16(29(22,28)25-14)10-26(3)17(13)19(27)24-12-7-8-23-15(9-12)18(20)21/h5-11,14,18H,4H2,1-3H3,(H2,22,25,28)(H,23,24,27)/t11-,14+,29?/m0/s1. The third-order valence-corrected chi connectivity index (χ3v) is 6.55. The lowest BCUT2D eigenvalue weighted by molar-refractivity contribution is 0.101. The Morgan fingerprint density at radius 3 is 2.86 bits per heavy atom. The van der Waals surface area contributed by atoms with Gasteiger partial charge < -0.3 is 9.88 Å². The Labute approximate surface area is 168 Å². The fourth-order valence-corrected chi connectivity index (χ4v) is 4.78. The number of hydrogen-bond acceptors (Lipinski definition) is 4. The molecule has 0 radical (unpaired) electrons. The Hall–Kier alpha value is -2.59. The van der Waals surface area contributed by atoms with Crippen LogP contribution in [0.3, 0.4) is 0 Å². The van der Waals surface area contributed by atoms with E-state index in [1.165, 1.54) is 23.0 Å². The summed E-state index contributed by atoms with van der Waals surface area (Å²) < 4.78 is 51.4. The second-order valence-electron chi connectivity index (χ2n) is 7.04. The molecule has 0 fully saturated rings. The topological polar surface area (TPSA) is 99.9 Å². The molecule has 29 heavy (non-hydrogen) atoms. The van der Waals surface area contributed by atoms with Crippen molar-refractivity contribution in [2.75, 3.05) is 5.32 Å². The monoisotopic (exact) mass is 423 g/mol. The molecule has 156 valence electrons. The van der Waals surface area contributed by atoms with Crippen molar-refractivity contribution in [1.29, 1.82) is 4.78 Å². The highest BCUT2D eigenvalue weighted by Gasteiger charge is 2.29. The number of halogens is 2. The second-order valence-corrected chi connectivity index (χ2v) is 8.82. The first-order valence-corrected chi connectivity index (χ1v) is 10.7. The van der Waals surface area contributed by atoms with Gasteiger partial charge in [-0.1, -0.05) is 32.4 Å². The number of alkyl halides is 2. The minimum absolute atomic E-state index is 0.150. The van der Waals surface area contributed by atoms with Gasteiger partial charge >= 0.3 is 0 Å². The predicted octanol–water partition coefficient (Wildman–Crippen LogP) is 3.96. The van der Waals surface area contributed by atoms with Crippen LogP contribution in [-0.2, 0) is 17.0 Å². The molecule has 0 aliphatic carbocycles. The highest BCUT2D eigenvalue weighted by molar-refractivity contribution is 7.90. The molecule has 2 aromatic heterocycles. The summed E-state index contributed by atoms with van der Waals surface area (Å²) in [6.07, 6.45) is 4.28. The summed E-state index contributed by atoms with van der Waals surface area (Å²) in [7, 11) is -1.72. The minimum atomic E-state index is -3.33. The van der Waals surface area contributed by atoms with Crippen LogP contribution >= 0.6 is 0 Å². The molecule has 10 heteroatoms. The third-order valence-electron chi connectivity index (χ3n) is 5.00. The van der Waals surface area contributed by atoms with Crippen LogP contribution in [0, 0.1) is 10.7 Å². The maximum absolute atomic E-state index is 13.0. The van der Waals surface area contributed by atoms with Crippen LogP contribution in [-0.4, -0.2) is 25.7 Å². The largest absolute Gasteiger partial charge is 0.345 e. The van der Waals surface area contributed by atoms with Gasteiger partial charge in [0, 0.05) is 36.7 Å². The Balaban J connectivity index is 1.99. The van der Waals surface area contributed by atoms with Crippen LogP contribution in [0.15, 0.2) is 35.5 Å². The number of nitrogens with one attached hydrogen (secondary N) is 3. The van der Waals surface area contributed by atoms with E-state index in [1.807, 2.05) is 19.9 Å². The van der Waals surface area contributed by atoms with Crippen molar-refractivity contribution in [1.82, 2.24) is 14.3 Å². The molecule has 3 N–H and O–H groups in total. The summed E-state index contributed by atoms with van der Waals surface area (Å²) in [5.41, 5.74) is 0.308. The molecule has 0 bridgehead atoms. The first-order valence-electron chi connectivity index (χ1n) is 9.13. The van der Waals surface area contributed by atoms with Crippen molar-refractivity contribution < 1.29 is 17.8 Å². The van der Waals surface area contributed by atoms with Crippen molar-refractivity contribution in [3.05, 3.63) is 47.6 Å². The molecule has 1 unspecified atom stereocenters. The Morgan fingerprint density at radius 1 is 1.48 bits per heavy atom. The van der Waals surface area contributed by atoms with Gasteiger partial charge in [0.25, 0.3) is 12.3 Å². The lowest BCUT2D eigenvalue weighted by Gasteiger charge is -2.20. The molecule has 0 saturated heterocycles. The first kappa shape index (κ1) is 21.1. The lowest BCUT2D eigenvalue weighted by atomic mass is 9.99. The molecule has 0 aromatic carbocycles. The molecule has 1 aliphatic rings. The molecule has 3 atom stereocenters. The second kappa shape index (κ2) is 8.03. The van der Waals surface area contributed by atoms with E-state index >= 15 is 0 Å². The molecule has 7 nitrogen and oxygen atoms in total. The summed E-state index contributed by atoms with van der Waals surface area (Å²) in [4.78, 5) is 16.7. The third kappa shape index (κ3) is 4.23. The number of aromatic nitrogens is 2. The number of anilines is 1. The van der Waals surface area contributed by atoms with E-state index in [9.17, 15) is 17.8 Å². The fraction of sp³-hybridized carbons (Fsp3) is 0.368. The molecule has 2 aromatic rings. The van der Waals surface area contributed by atoms with Gasteiger partial charge in [-0.05, 0) is 18.1 Å². The number of amides is 1. The zero-order valence-electron chi connectivity index (χ0n) is 16.3. The van der Waals surface area contributed by atoms with Gasteiger partial charge in [0.15, 0.2) is 0 Å². The van der Waals surface area contributed by atoms with Crippen molar-refractivity contribution in [2.24, 2.45) is 13.0 Å². The summed E-state index contributed by atoms with van der Waals surface area (Å²) in [6, 6.07) is 2.25.